The van der Waals surface area contributed by atoms with Gasteiger partial charge in [0.05, 0.1) is 17.6 Å². The number of carbonyl (C=O) groups excluding carboxylic acids is 1. The van der Waals surface area contributed by atoms with E-state index in [1.165, 1.54) is 0 Å². The molecule has 0 spiro atoms. The van der Waals surface area contributed by atoms with E-state index in [0.29, 0.717) is 38.3 Å². The summed E-state index contributed by atoms with van der Waals surface area (Å²) in [5, 5.41) is 0. The fourth-order valence-electron chi connectivity index (χ4n) is 3.39. The van der Waals surface area contributed by atoms with Crippen molar-refractivity contribution in [3.8, 4) is 0 Å². The standard InChI is InChI=1S/C18H26N2O4S/c1-15-14-19(12-13-24-15)18(21)16-6-8-17(9-7-16)25(22,23)20-10-4-2-3-5-11-20/h6-9,15H,2-5,10-14H2,1H3. The van der Waals surface area contributed by atoms with E-state index in [1.807, 2.05) is 6.92 Å². The zero-order chi connectivity index (χ0) is 17.9. The molecule has 1 amide bonds. The smallest absolute Gasteiger partial charge is 0.254 e. The van der Waals surface area contributed by atoms with Gasteiger partial charge < -0.3 is 9.64 Å². The number of hydrogen-bond acceptors (Lipinski definition) is 4. The van der Waals surface area contributed by atoms with E-state index in [4.69, 9.17) is 4.74 Å². The van der Waals surface area contributed by atoms with E-state index in [-0.39, 0.29) is 16.9 Å². The molecule has 2 fully saturated rings. The Morgan fingerprint density at radius 2 is 1.68 bits per heavy atom. The molecule has 25 heavy (non-hydrogen) atoms. The number of hydrogen-bond donors (Lipinski definition) is 0. The third kappa shape index (κ3) is 4.22. The van der Waals surface area contributed by atoms with E-state index in [2.05, 4.69) is 0 Å². The molecule has 7 heteroatoms. The van der Waals surface area contributed by atoms with Crippen molar-refractivity contribution < 1.29 is 17.9 Å². The predicted octanol–water partition coefficient (Wildman–Crippen LogP) is 2.11. The minimum atomic E-state index is -3.47. The fourth-order valence-corrected chi connectivity index (χ4v) is 4.90. The van der Waals surface area contributed by atoms with Crippen LogP contribution in [0.15, 0.2) is 29.2 Å². The van der Waals surface area contributed by atoms with Gasteiger partial charge in [-0.15, -0.1) is 0 Å². The van der Waals surface area contributed by atoms with Crippen LogP contribution < -0.4 is 0 Å². The third-order valence-corrected chi connectivity index (χ3v) is 6.75. The lowest BCUT2D eigenvalue weighted by molar-refractivity contribution is -0.0124. The molecule has 0 N–H and O–H groups in total. The van der Waals surface area contributed by atoms with Crippen LogP contribution in [-0.2, 0) is 14.8 Å². The zero-order valence-electron chi connectivity index (χ0n) is 14.7. The first-order valence-corrected chi connectivity index (χ1v) is 10.4. The molecule has 0 aliphatic carbocycles. The maximum absolute atomic E-state index is 12.8. The summed E-state index contributed by atoms with van der Waals surface area (Å²) >= 11 is 0. The van der Waals surface area contributed by atoms with Crippen molar-refractivity contribution in [3.63, 3.8) is 0 Å². The summed E-state index contributed by atoms with van der Waals surface area (Å²) in [5.41, 5.74) is 0.518. The minimum Gasteiger partial charge on any atom is -0.375 e. The molecule has 2 saturated heterocycles. The number of benzene rings is 1. The molecule has 2 heterocycles. The maximum Gasteiger partial charge on any atom is 0.254 e. The summed E-state index contributed by atoms with van der Waals surface area (Å²) in [6, 6.07) is 6.34. The van der Waals surface area contributed by atoms with Crippen LogP contribution in [0.25, 0.3) is 0 Å². The van der Waals surface area contributed by atoms with Gasteiger partial charge in [0.25, 0.3) is 5.91 Å². The SMILES string of the molecule is CC1CN(C(=O)c2ccc(S(=O)(=O)N3CCCCCC3)cc2)CCO1. The molecule has 1 aromatic carbocycles. The summed E-state index contributed by atoms with van der Waals surface area (Å²) in [6.07, 6.45) is 4.01. The molecular weight excluding hydrogens is 340 g/mol. The number of morpholine rings is 1. The summed E-state index contributed by atoms with van der Waals surface area (Å²) < 4.78 is 32.6. The molecule has 1 aromatic rings. The number of nitrogens with zero attached hydrogens (tertiary/aromatic N) is 2. The molecule has 1 unspecified atom stereocenters. The van der Waals surface area contributed by atoms with Gasteiger partial charge in [-0.2, -0.15) is 4.31 Å². The highest BCUT2D eigenvalue weighted by atomic mass is 32.2. The van der Waals surface area contributed by atoms with Crippen molar-refractivity contribution >= 4 is 15.9 Å². The normalized spacial score (nSPS) is 23.2. The topological polar surface area (TPSA) is 66.9 Å². The van der Waals surface area contributed by atoms with Gasteiger partial charge in [-0.1, -0.05) is 12.8 Å². The lowest BCUT2D eigenvalue weighted by atomic mass is 10.2. The molecule has 1 atom stereocenters. The van der Waals surface area contributed by atoms with Gasteiger partial charge in [0.2, 0.25) is 10.0 Å². The van der Waals surface area contributed by atoms with Crippen LogP contribution in [0.5, 0.6) is 0 Å². The number of amides is 1. The molecule has 2 aliphatic heterocycles. The van der Waals surface area contributed by atoms with Crippen LogP contribution >= 0.6 is 0 Å². The van der Waals surface area contributed by atoms with Crippen LogP contribution in [0, 0.1) is 0 Å². The highest BCUT2D eigenvalue weighted by Crippen LogP contribution is 2.21. The number of sulfonamides is 1. The van der Waals surface area contributed by atoms with E-state index in [9.17, 15) is 13.2 Å². The van der Waals surface area contributed by atoms with E-state index >= 15 is 0 Å². The first-order valence-electron chi connectivity index (χ1n) is 8.99. The fraction of sp³-hybridized carbons (Fsp3) is 0.611. The molecule has 0 radical (unpaired) electrons. The third-order valence-electron chi connectivity index (χ3n) is 4.83. The van der Waals surface area contributed by atoms with Gasteiger partial charge in [0.15, 0.2) is 0 Å². The van der Waals surface area contributed by atoms with Crippen molar-refractivity contribution in [2.45, 2.75) is 43.6 Å². The molecule has 138 valence electrons. The zero-order valence-corrected chi connectivity index (χ0v) is 15.5. The summed E-state index contributed by atoms with van der Waals surface area (Å²) in [6.45, 7) is 4.76. The molecular formula is C18H26N2O4S. The number of ether oxygens (including phenoxy) is 1. The lowest BCUT2D eigenvalue weighted by Gasteiger charge is -2.31. The van der Waals surface area contributed by atoms with Crippen molar-refractivity contribution in [3.05, 3.63) is 29.8 Å². The average molecular weight is 366 g/mol. The molecule has 0 aromatic heterocycles. The van der Waals surface area contributed by atoms with Gasteiger partial charge in [0, 0.05) is 31.7 Å². The Morgan fingerprint density at radius 1 is 1.04 bits per heavy atom. The van der Waals surface area contributed by atoms with Crippen LogP contribution in [0.4, 0.5) is 0 Å². The Bertz CT molecular complexity index is 694. The van der Waals surface area contributed by atoms with Crippen molar-refractivity contribution in [1.82, 2.24) is 9.21 Å². The highest BCUT2D eigenvalue weighted by molar-refractivity contribution is 7.89. The second-order valence-corrected chi connectivity index (χ2v) is 8.71. The van der Waals surface area contributed by atoms with Crippen LogP contribution in [0.1, 0.15) is 43.0 Å². The Balaban J connectivity index is 1.74. The second kappa shape index (κ2) is 7.85. The first-order chi connectivity index (χ1) is 12.0. The van der Waals surface area contributed by atoms with Gasteiger partial charge >= 0.3 is 0 Å². The summed E-state index contributed by atoms with van der Waals surface area (Å²) in [4.78, 5) is 14.6. The van der Waals surface area contributed by atoms with Crippen LogP contribution in [0.2, 0.25) is 0 Å². The molecule has 0 bridgehead atoms. The predicted molar refractivity (Wildman–Crippen MR) is 95.0 cm³/mol. The highest BCUT2D eigenvalue weighted by Gasteiger charge is 2.26. The van der Waals surface area contributed by atoms with Crippen LogP contribution in [-0.4, -0.2) is 62.4 Å². The van der Waals surface area contributed by atoms with Crippen molar-refractivity contribution in [1.29, 1.82) is 0 Å². The van der Waals surface area contributed by atoms with Crippen molar-refractivity contribution in [2.24, 2.45) is 0 Å². The van der Waals surface area contributed by atoms with Crippen molar-refractivity contribution in [2.75, 3.05) is 32.8 Å². The van der Waals surface area contributed by atoms with E-state index in [0.717, 1.165) is 25.7 Å². The van der Waals surface area contributed by atoms with E-state index in [1.54, 1.807) is 33.5 Å². The van der Waals surface area contributed by atoms with Gasteiger partial charge in [0.1, 0.15) is 0 Å². The Hall–Kier alpha value is -1.44. The van der Waals surface area contributed by atoms with Gasteiger partial charge in [-0.05, 0) is 44.0 Å². The number of carbonyl (C=O) groups is 1. The van der Waals surface area contributed by atoms with Gasteiger partial charge in [-0.25, -0.2) is 8.42 Å². The largest absolute Gasteiger partial charge is 0.375 e. The first kappa shape index (κ1) is 18.4. The molecule has 3 rings (SSSR count). The summed E-state index contributed by atoms with van der Waals surface area (Å²) in [5.74, 6) is -0.0751. The Labute approximate surface area is 149 Å². The number of rotatable bonds is 3. The summed E-state index contributed by atoms with van der Waals surface area (Å²) in [7, 11) is -3.47. The second-order valence-electron chi connectivity index (χ2n) is 6.78. The molecule has 0 saturated carbocycles. The monoisotopic (exact) mass is 366 g/mol. The Kier molecular flexibility index (Phi) is 5.76. The van der Waals surface area contributed by atoms with Crippen LogP contribution in [0.3, 0.4) is 0 Å². The average Bonchev–Trinajstić information content (AvgIpc) is 2.91. The maximum atomic E-state index is 12.8. The van der Waals surface area contributed by atoms with Gasteiger partial charge in [-0.3, -0.25) is 4.79 Å². The molecule has 6 nitrogen and oxygen atoms in total. The molecule has 2 aliphatic rings. The Morgan fingerprint density at radius 3 is 2.28 bits per heavy atom. The quantitative estimate of drug-likeness (QED) is 0.822. The van der Waals surface area contributed by atoms with E-state index < -0.39 is 10.0 Å². The minimum absolute atomic E-state index is 0.0281. The lowest BCUT2D eigenvalue weighted by Crippen LogP contribution is -2.44.